The lowest BCUT2D eigenvalue weighted by Gasteiger charge is -2.32. The van der Waals surface area contributed by atoms with Crippen LogP contribution < -0.4 is 5.32 Å². The Morgan fingerprint density at radius 3 is 2.50 bits per heavy atom. The molecule has 5 heteroatoms. The molecule has 0 amide bonds. The van der Waals surface area contributed by atoms with E-state index in [1.165, 1.54) is 6.42 Å². The van der Waals surface area contributed by atoms with E-state index in [1.54, 1.807) is 12.4 Å². The van der Waals surface area contributed by atoms with Crippen LogP contribution in [0.5, 0.6) is 0 Å². The van der Waals surface area contributed by atoms with Crippen LogP contribution in [0.15, 0.2) is 16.9 Å². The van der Waals surface area contributed by atoms with Crippen molar-refractivity contribution < 1.29 is 5.11 Å². The van der Waals surface area contributed by atoms with Gasteiger partial charge in [-0.2, -0.15) is 0 Å². The Hall–Kier alpha value is -0.680. The van der Waals surface area contributed by atoms with E-state index in [0.29, 0.717) is 12.5 Å². The van der Waals surface area contributed by atoms with Gasteiger partial charge in [0.2, 0.25) is 5.95 Å². The zero-order chi connectivity index (χ0) is 11.4. The lowest BCUT2D eigenvalue weighted by atomic mass is 9.85. The first-order valence-corrected chi connectivity index (χ1v) is 6.41. The Morgan fingerprint density at radius 2 is 1.88 bits per heavy atom. The topological polar surface area (TPSA) is 58.0 Å². The minimum absolute atomic E-state index is 0.536. The maximum atomic E-state index is 10.3. The standard InChI is InChI=1S/C11H16BrN3O/c12-9-6-13-10(14-7-9)15-8-11(16)4-2-1-3-5-11/h6-7,16H,1-5,8H2,(H,13,14,15). The van der Waals surface area contributed by atoms with Crippen molar-refractivity contribution in [3.05, 3.63) is 16.9 Å². The van der Waals surface area contributed by atoms with Crippen molar-refractivity contribution in [3.63, 3.8) is 0 Å². The molecule has 0 unspecified atom stereocenters. The monoisotopic (exact) mass is 285 g/mol. The fraction of sp³-hybridized carbons (Fsp3) is 0.636. The third-order valence-electron chi connectivity index (χ3n) is 2.98. The molecule has 4 nitrogen and oxygen atoms in total. The van der Waals surface area contributed by atoms with Crippen LogP contribution in [-0.2, 0) is 0 Å². The van der Waals surface area contributed by atoms with E-state index >= 15 is 0 Å². The molecule has 2 rings (SSSR count). The van der Waals surface area contributed by atoms with Crippen LogP contribution in [0.3, 0.4) is 0 Å². The van der Waals surface area contributed by atoms with Gasteiger partial charge in [0.25, 0.3) is 0 Å². The highest BCUT2D eigenvalue weighted by molar-refractivity contribution is 9.10. The van der Waals surface area contributed by atoms with Crippen molar-refractivity contribution in [2.75, 3.05) is 11.9 Å². The summed E-state index contributed by atoms with van der Waals surface area (Å²) < 4.78 is 0.856. The van der Waals surface area contributed by atoms with Crippen LogP contribution in [0.2, 0.25) is 0 Å². The predicted octanol–water partition coefficient (Wildman–Crippen LogP) is 2.35. The molecule has 1 aromatic heterocycles. The van der Waals surface area contributed by atoms with Crippen LogP contribution in [0, 0.1) is 0 Å². The number of anilines is 1. The second-order valence-corrected chi connectivity index (χ2v) is 5.28. The average molecular weight is 286 g/mol. The van der Waals surface area contributed by atoms with Crippen LogP contribution >= 0.6 is 15.9 Å². The van der Waals surface area contributed by atoms with Gasteiger partial charge in [-0.1, -0.05) is 19.3 Å². The van der Waals surface area contributed by atoms with Crippen molar-refractivity contribution in [2.24, 2.45) is 0 Å². The molecule has 1 aromatic rings. The molecule has 1 heterocycles. The molecule has 0 radical (unpaired) electrons. The average Bonchev–Trinajstić information content (AvgIpc) is 2.29. The molecule has 1 saturated carbocycles. The molecule has 1 aliphatic carbocycles. The summed E-state index contributed by atoms with van der Waals surface area (Å²) in [6.07, 6.45) is 8.59. The number of hydrogen-bond acceptors (Lipinski definition) is 4. The van der Waals surface area contributed by atoms with E-state index in [4.69, 9.17) is 0 Å². The van der Waals surface area contributed by atoms with Gasteiger partial charge in [-0.3, -0.25) is 0 Å². The summed E-state index contributed by atoms with van der Waals surface area (Å²) in [6, 6.07) is 0. The van der Waals surface area contributed by atoms with Gasteiger partial charge in [-0.25, -0.2) is 9.97 Å². The third kappa shape index (κ3) is 3.15. The summed E-state index contributed by atoms with van der Waals surface area (Å²) in [5.74, 6) is 0.571. The quantitative estimate of drug-likeness (QED) is 0.895. The highest BCUT2D eigenvalue weighted by Crippen LogP contribution is 2.27. The number of rotatable bonds is 3. The first kappa shape index (κ1) is 11.8. The molecule has 0 saturated heterocycles. The highest BCUT2D eigenvalue weighted by Gasteiger charge is 2.28. The van der Waals surface area contributed by atoms with Crippen molar-refractivity contribution >= 4 is 21.9 Å². The number of aromatic nitrogens is 2. The lowest BCUT2D eigenvalue weighted by Crippen LogP contribution is -2.39. The minimum Gasteiger partial charge on any atom is -0.388 e. The zero-order valence-corrected chi connectivity index (χ0v) is 10.7. The van der Waals surface area contributed by atoms with Crippen LogP contribution in [0.4, 0.5) is 5.95 Å². The number of halogens is 1. The van der Waals surface area contributed by atoms with Gasteiger partial charge < -0.3 is 10.4 Å². The van der Waals surface area contributed by atoms with Crippen LogP contribution in [0.25, 0.3) is 0 Å². The molecular formula is C11H16BrN3O. The maximum absolute atomic E-state index is 10.3. The number of hydrogen-bond donors (Lipinski definition) is 2. The first-order valence-electron chi connectivity index (χ1n) is 5.62. The van der Waals surface area contributed by atoms with Gasteiger partial charge in [0.05, 0.1) is 10.1 Å². The van der Waals surface area contributed by atoms with Gasteiger partial charge in [0.1, 0.15) is 0 Å². The van der Waals surface area contributed by atoms with E-state index in [-0.39, 0.29) is 0 Å². The molecule has 1 aliphatic rings. The Balaban J connectivity index is 1.88. The zero-order valence-electron chi connectivity index (χ0n) is 9.12. The third-order valence-corrected chi connectivity index (χ3v) is 3.39. The van der Waals surface area contributed by atoms with Gasteiger partial charge in [-0.05, 0) is 28.8 Å². The number of nitrogens with one attached hydrogen (secondary N) is 1. The molecule has 0 aliphatic heterocycles. The van der Waals surface area contributed by atoms with Crippen molar-refractivity contribution in [2.45, 2.75) is 37.7 Å². The fourth-order valence-electron chi connectivity index (χ4n) is 2.03. The second-order valence-electron chi connectivity index (χ2n) is 4.36. The van der Waals surface area contributed by atoms with Crippen LogP contribution in [0.1, 0.15) is 32.1 Å². The van der Waals surface area contributed by atoms with E-state index in [1.807, 2.05) is 0 Å². The highest BCUT2D eigenvalue weighted by atomic mass is 79.9. The summed E-state index contributed by atoms with van der Waals surface area (Å²) in [4.78, 5) is 8.23. The summed E-state index contributed by atoms with van der Waals surface area (Å²) in [5, 5.41) is 13.3. The molecule has 1 fully saturated rings. The Morgan fingerprint density at radius 1 is 1.25 bits per heavy atom. The SMILES string of the molecule is OC1(CNc2ncc(Br)cn2)CCCCC1. The summed E-state index contributed by atoms with van der Waals surface area (Å²) in [6.45, 7) is 0.536. The Labute approximate surface area is 104 Å². The summed E-state index contributed by atoms with van der Waals surface area (Å²) in [5.41, 5.74) is -0.575. The van der Waals surface area contributed by atoms with Gasteiger partial charge in [0.15, 0.2) is 0 Å². The number of nitrogens with zero attached hydrogens (tertiary/aromatic N) is 2. The van der Waals surface area contributed by atoms with Crippen molar-refractivity contribution in [1.29, 1.82) is 0 Å². The first-order chi connectivity index (χ1) is 7.68. The molecule has 0 bridgehead atoms. The molecular weight excluding hydrogens is 270 g/mol. The van der Waals surface area contributed by atoms with Gasteiger partial charge in [-0.15, -0.1) is 0 Å². The van der Waals surface area contributed by atoms with Crippen molar-refractivity contribution in [1.82, 2.24) is 9.97 Å². The van der Waals surface area contributed by atoms with E-state index in [9.17, 15) is 5.11 Å². The molecule has 0 spiro atoms. The maximum Gasteiger partial charge on any atom is 0.222 e. The van der Waals surface area contributed by atoms with Crippen LogP contribution in [-0.4, -0.2) is 27.2 Å². The van der Waals surface area contributed by atoms with Crippen molar-refractivity contribution in [3.8, 4) is 0 Å². The minimum atomic E-state index is -0.575. The molecule has 2 N–H and O–H groups in total. The van der Waals surface area contributed by atoms with Gasteiger partial charge >= 0.3 is 0 Å². The lowest BCUT2D eigenvalue weighted by molar-refractivity contribution is 0.0166. The summed E-state index contributed by atoms with van der Waals surface area (Å²) >= 11 is 3.28. The second kappa shape index (κ2) is 5.10. The van der Waals surface area contributed by atoms with E-state index in [0.717, 1.165) is 30.2 Å². The van der Waals surface area contributed by atoms with E-state index < -0.39 is 5.60 Å². The number of aliphatic hydroxyl groups is 1. The normalized spacial score (nSPS) is 19.4. The molecule has 0 aromatic carbocycles. The predicted molar refractivity (Wildman–Crippen MR) is 66.3 cm³/mol. The summed E-state index contributed by atoms with van der Waals surface area (Å²) in [7, 11) is 0. The van der Waals surface area contributed by atoms with E-state index in [2.05, 4.69) is 31.2 Å². The largest absolute Gasteiger partial charge is 0.388 e. The molecule has 88 valence electrons. The fourth-order valence-corrected chi connectivity index (χ4v) is 2.24. The Bertz CT molecular complexity index is 336. The molecule has 16 heavy (non-hydrogen) atoms. The Kier molecular flexibility index (Phi) is 3.76. The smallest absolute Gasteiger partial charge is 0.222 e. The van der Waals surface area contributed by atoms with Gasteiger partial charge in [0, 0.05) is 18.9 Å². The molecule has 0 atom stereocenters.